The molecule has 0 fully saturated rings. The van der Waals surface area contributed by atoms with Gasteiger partial charge in [-0.15, -0.1) is 0 Å². The van der Waals surface area contributed by atoms with Crippen molar-refractivity contribution in [1.29, 1.82) is 0 Å². The van der Waals surface area contributed by atoms with Gasteiger partial charge in [0.2, 0.25) is 5.43 Å². The highest BCUT2D eigenvalue weighted by Crippen LogP contribution is 2.49. The fourth-order valence-electron chi connectivity index (χ4n) is 5.74. The van der Waals surface area contributed by atoms with Crippen molar-refractivity contribution < 1.29 is 4.42 Å². The summed E-state index contributed by atoms with van der Waals surface area (Å²) in [6.45, 7) is 4.62. The van der Waals surface area contributed by atoms with Gasteiger partial charge in [-0.3, -0.25) is 4.79 Å². The summed E-state index contributed by atoms with van der Waals surface area (Å²) in [6.07, 6.45) is 0. The van der Waals surface area contributed by atoms with Crippen LogP contribution in [-0.4, -0.2) is 0 Å². The lowest BCUT2D eigenvalue weighted by molar-refractivity contribution is 0.660. The molecule has 0 bridgehead atoms. The third-order valence-corrected chi connectivity index (χ3v) is 7.69. The molecule has 5 aromatic carbocycles. The van der Waals surface area contributed by atoms with Crippen LogP contribution in [0.4, 0.5) is 0 Å². The SMILES string of the molecule is CC1(C)c2ccccc2-c2ccc(-c3cccc(-c4ccc5oc6ccccc6c(=O)c5c4)c3)cc21. The number of para-hydroxylation sites is 1. The number of fused-ring (bicyclic) bond motifs is 5. The lowest BCUT2D eigenvalue weighted by Crippen LogP contribution is -2.14. The number of hydrogen-bond donors (Lipinski definition) is 0. The maximum atomic E-state index is 13.2. The second kappa shape index (κ2) is 7.53. The van der Waals surface area contributed by atoms with Gasteiger partial charge >= 0.3 is 0 Å². The fraction of sp³-hybridized carbons (Fsp3) is 0.0882. The maximum absolute atomic E-state index is 13.2. The van der Waals surface area contributed by atoms with Crippen molar-refractivity contribution in [3.8, 4) is 33.4 Å². The second-order valence-electron chi connectivity index (χ2n) is 10.2. The fourth-order valence-corrected chi connectivity index (χ4v) is 5.74. The third-order valence-electron chi connectivity index (χ3n) is 7.69. The summed E-state index contributed by atoms with van der Waals surface area (Å²) in [5.41, 5.74) is 11.0. The Bertz CT molecular complexity index is 1890. The van der Waals surface area contributed by atoms with Gasteiger partial charge in [-0.1, -0.05) is 86.6 Å². The van der Waals surface area contributed by atoms with Crippen molar-refractivity contribution in [1.82, 2.24) is 0 Å². The summed E-state index contributed by atoms with van der Waals surface area (Å²) >= 11 is 0. The quantitative estimate of drug-likeness (QED) is 0.240. The van der Waals surface area contributed by atoms with E-state index in [1.165, 1.54) is 27.8 Å². The predicted molar refractivity (Wildman–Crippen MR) is 148 cm³/mol. The lowest BCUT2D eigenvalue weighted by atomic mass is 9.81. The van der Waals surface area contributed by atoms with Crippen molar-refractivity contribution in [2.75, 3.05) is 0 Å². The van der Waals surface area contributed by atoms with Crippen LogP contribution in [0.3, 0.4) is 0 Å². The minimum Gasteiger partial charge on any atom is -0.456 e. The van der Waals surface area contributed by atoms with Crippen LogP contribution in [0.15, 0.2) is 118 Å². The molecule has 1 heterocycles. The topological polar surface area (TPSA) is 30.2 Å². The van der Waals surface area contributed by atoms with Gasteiger partial charge in [0.1, 0.15) is 11.2 Å². The first kappa shape index (κ1) is 20.9. The molecule has 0 amide bonds. The van der Waals surface area contributed by atoms with Crippen molar-refractivity contribution >= 4 is 21.9 Å². The molecule has 1 aliphatic carbocycles. The van der Waals surface area contributed by atoms with Crippen LogP contribution in [-0.2, 0) is 5.41 Å². The molecule has 0 radical (unpaired) electrons. The van der Waals surface area contributed by atoms with E-state index in [1.54, 1.807) is 0 Å². The molecule has 2 nitrogen and oxygen atoms in total. The van der Waals surface area contributed by atoms with Crippen LogP contribution in [0.5, 0.6) is 0 Å². The predicted octanol–water partition coefficient (Wildman–Crippen LogP) is 8.59. The molecular formula is C34H24O2. The first-order chi connectivity index (χ1) is 17.5. The van der Waals surface area contributed by atoms with Crippen LogP contribution in [0, 0.1) is 0 Å². The third kappa shape index (κ3) is 3.01. The smallest absolute Gasteiger partial charge is 0.200 e. The van der Waals surface area contributed by atoms with Crippen molar-refractivity contribution in [2.45, 2.75) is 19.3 Å². The van der Waals surface area contributed by atoms with Gasteiger partial charge in [-0.25, -0.2) is 0 Å². The summed E-state index contributed by atoms with van der Waals surface area (Å²) in [6, 6.07) is 37.4. The van der Waals surface area contributed by atoms with E-state index in [0.717, 1.165) is 16.7 Å². The molecule has 172 valence electrons. The summed E-state index contributed by atoms with van der Waals surface area (Å²) in [5.74, 6) is 0. The first-order valence-electron chi connectivity index (χ1n) is 12.3. The highest BCUT2D eigenvalue weighted by Gasteiger charge is 2.35. The molecule has 0 saturated carbocycles. The van der Waals surface area contributed by atoms with Gasteiger partial charge in [0.25, 0.3) is 0 Å². The van der Waals surface area contributed by atoms with Gasteiger partial charge in [-0.05, 0) is 80.9 Å². The summed E-state index contributed by atoms with van der Waals surface area (Å²) in [4.78, 5) is 13.2. The highest BCUT2D eigenvalue weighted by molar-refractivity contribution is 5.92. The van der Waals surface area contributed by atoms with E-state index < -0.39 is 0 Å². The zero-order valence-electron chi connectivity index (χ0n) is 20.2. The van der Waals surface area contributed by atoms with Crippen LogP contribution >= 0.6 is 0 Å². The molecule has 36 heavy (non-hydrogen) atoms. The average molecular weight is 465 g/mol. The van der Waals surface area contributed by atoms with Crippen molar-refractivity contribution in [3.63, 3.8) is 0 Å². The molecule has 0 aliphatic heterocycles. The van der Waals surface area contributed by atoms with E-state index in [2.05, 4.69) is 80.6 Å². The monoisotopic (exact) mass is 464 g/mol. The molecule has 2 heteroatoms. The largest absolute Gasteiger partial charge is 0.456 e. The van der Waals surface area contributed by atoms with E-state index in [9.17, 15) is 4.79 Å². The van der Waals surface area contributed by atoms with Gasteiger partial charge in [-0.2, -0.15) is 0 Å². The Morgan fingerprint density at radius 2 is 1.17 bits per heavy atom. The number of rotatable bonds is 2. The van der Waals surface area contributed by atoms with E-state index in [-0.39, 0.29) is 10.8 Å². The van der Waals surface area contributed by atoms with Crippen LogP contribution in [0.2, 0.25) is 0 Å². The molecule has 0 N–H and O–H groups in total. The Balaban J connectivity index is 1.33. The molecular weight excluding hydrogens is 440 g/mol. The molecule has 0 spiro atoms. The van der Waals surface area contributed by atoms with E-state index in [0.29, 0.717) is 21.9 Å². The molecule has 7 rings (SSSR count). The zero-order chi connectivity index (χ0) is 24.4. The van der Waals surface area contributed by atoms with Crippen LogP contribution in [0.25, 0.3) is 55.3 Å². The molecule has 6 aromatic rings. The first-order valence-corrected chi connectivity index (χ1v) is 12.3. The van der Waals surface area contributed by atoms with Crippen molar-refractivity contribution in [3.05, 3.63) is 131 Å². The summed E-state index contributed by atoms with van der Waals surface area (Å²) in [5, 5.41) is 1.21. The highest BCUT2D eigenvalue weighted by atomic mass is 16.3. The van der Waals surface area contributed by atoms with E-state index in [1.807, 2.05) is 42.5 Å². The van der Waals surface area contributed by atoms with Crippen molar-refractivity contribution in [2.24, 2.45) is 0 Å². The molecule has 0 atom stereocenters. The zero-order valence-corrected chi connectivity index (χ0v) is 20.2. The maximum Gasteiger partial charge on any atom is 0.200 e. The summed E-state index contributed by atoms with van der Waals surface area (Å²) in [7, 11) is 0. The standard InChI is InChI=1S/C34H24O2/c1-34(2)29-12-5-3-10-25(29)26-16-14-24(20-30(26)34)22-9-7-8-21(18-22)23-15-17-32-28(19-23)33(35)27-11-4-6-13-31(27)36-32/h3-20H,1-2H3. The Morgan fingerprint density at radius 1 is 0.528 bits per heavy atom. The lowest BCUT2D eigenvalue weighted by Gasteiger charge is -2.22. The average Bonchev–Trinajstić information content (AvgIpc) is 3.15. The normalized spacial score (nSPS) is 13.6. The molecule has 0 unspecified atom stereocenters. The number of hydrogen-bond acceptors (Lipinski definition) is 2. The Kier molecular flexibility index (Phi) is 4.37. The van der Waals surface area contributed by atoms with Gasteiger partial charge < -0.3 is 4.42 Å². The number of benzene rings is 5. The molecule has 0 saturated heterocycles. The summed E-state index contributed by atoms with van der Waals surface area (Å²) < 4.78 is 6.00. The molecule has 1 aromatic heterocycles. The van der Waals surface area contributed by atoms with Gasteiger partial charge in [0.15, 0.2) is 0 Å². The molecule has 1 aliphatic rings. The minimum atomic E-state index is -0.0330. The van der Waals surface area contributed by atoms with Gasteiger partial charge in [0, 0.05) is 5.41 Å². The minimum absolute atomic E-state index is 0.00488. The van der Waals surface area contributed by atoms with Crippen LogP contribution in [0.1, 0.15) is 25.0 Å². The Morgan fingerprint density at radius 3 is 2.03 bits per heavy atom. The second-order valence-corrected chi connectivity index (χ2v) is 10.2. The van der Waals surface area contributed by atoms with Gasteiger partial charge in [0.05, 0.1) is 10.8 Å². The Labute approximate surface area is 209 Å². The van der Waals surface area contributed by atoms with Crippen LogP contribution < -0.4 is 5.43 Å². The van der Waals surface area contributed by atoms with E-state index >= 15 is 0 Å². The van der Waals surface area contributed by atoms with E-state index in [4.69, 9.17) is 4.42 Å². The Hall–Kier alpha value is -4.43.